The SMILES string of the molecule is CCCn1nc(-c2ccc(NC(=O)C(C)C)cc2O)cc1C1CCCC1. The highest BCUT2D eigenvalue weighted by Gasteiger charge is 2.23. The number of carbonyl (C=O) groups excluding carboxylic acids is 1. The van der Waals surface area contributed by atoms with Crippen LogP contribution in [0.5, 0.6) is 5.75 Å². The third kappa shape index (κ3) is 3.92. The first-order valence-electron chi connectivity index (χ1n) is 9.71. The van der Waals surface area contributed by atoms with Gasteiger partial charge < -0.3 is 10.4 Å². The molecule has 1 aromatic heterocycles. The van der Waals surface area contributed by atoms with E-state index in [9.17, 15) is 9.90 Å². The molecule has 1 amide bonds. The van der Waals surface area contributed by atoms with E-state index in [0.29, 0.717) is 17.2 Å². The van der Waals surface area contributed by atoms with Crippen molar-refractivity contribution in [1.29, 1.82) is 0 Å². The van der Waals surface area contributed by atoms with Gasteiger partial charge in [0.15, 0.2) is 0 Å². The summed E-state index contributed by atoms with van der Waals surface area (Å²) < 4.78 is 2.11. The Morgan fingerprint density at radius 1 is 1.31 bits per heavy atom. The molecule has 2 N–H and O–H groups in total. The fourth-order valence-corrected chi connectivity index (χ4v) is 3.62. The summed E-state index contributed by atoms with van der Waals surface area (Å²) in [4.78, 5) is 11.8. The van der Waals surface area contributed by atoms with E-state index in [0.717, 1.165) is 18.7 Å². The number of aromatic hydroxyl groups is 1. The lowest BCUT2D eigenvalue weighted by Gasteiger charge is -2.11. The van der Waals surface area contributed by atoms with Crippen LogP contribution >= 0.6 is 0 Å². The number of benzene rings is 1. The molecule has 3 rings (SSSR count). The van der Waals surface area contributed by atoms with Crippen molar-refractivity contribution in [2.75, 3.05) is 5.32 Å². The maximum absolute atomic E-state index is 11.8. The molecule has 1 heterocycles. The normalized spacial score (nSPS) is 14.9. The molecular formula is C21H29N3O2. The van der Waals surface area contributed by atoms with Gasteiger partial charge in [-0.1, -0.05) is 33.6 Å². The van der Waals surface area contributed by atoms with E-state index >= 15 is 0 Å². The van der Waals surface area contributed by atoms with E-state index in [1.165, 1.54) is 31.4 Å². The number of rotatable bonds is 6. The first-order valence-corrected chi connectivity index (χ1v) is 9.71. The molecule has 5 nitrogen and oxygen atoms in total. The van der Waals surface area contributed by atoms with Gasteiger partial charge in [0.25, 0.3) is 0 Å². The molecule has 26 heavy (non-hydrogen) atoms. The van der Waals surface area contributed by atoms with Gasteiger partial charge in [-0.3, -0.25) is 9.48 Å². The maximum Gasteiger partial charge on any atom is 0.226 e. The lowest BCUT2D eigenvalue weighted by molar-refractivity contribution is -0.118. The van der Waals surface area contributed by atoms with Crippen LogP contribution in [0.3, 0.4) is 0 Å². The molecule has 0 unspecified atom stereocenters. The van der Waals surface area contributed by atoms with Crippen LogP contribution < -0.4 is 5.32 Å². The highest BCUT2D eigenvalue weighted by Crippen LogP contribution is 2.38. The molecule has 0 bridgehead atoms. The molecule has 0 aliphatic heterocycles. The molecule has 0 atom stereocenters. The third-order valence-corrected chi connectivity index (χ3v) is 5.09. The summed E-state index contributed by atoms with van der Waals surface area (Å²) in [6.07, 6.45) is 6.05. The molecule has 0 saturated heterocycles. The Balaban J connectivity index is 1.88. The molecule has 2 aromatic rings. The summed E-state index contributed by atoms with van der Waals surface area (Å²) in [6, 6.07) is 7.39. The van der Waals surface area contributed by atoms with Gasteiger partial charge in [0.1, 0.15) is 5.75 Å². The molecule has 1 aromatic carbocycles. The van der Waals surface area contributed by atoms with Crippen molar-refractivity contribution in [3.8, 4) is 17.0 Å². The molecular weight excluding hydrogens is 326 g/mol. The summed E-state index contributed by atoms with van der Waals surface area (Å²) in [5.41, 5.74) is 3.41. The van der Waals surface area contributed by atoms with Gasteiger partial charge >= 0.3 is 0 Å². The van der Waals surface area contributed by atoms with E-state index in [-0.39, 0.29) is 17.6 Å². The van der Waals surface area contributed by atoms with Gasteiger partial charge in [-0.2, -0.15) is 5.10 Å². The number of phenolic OH excluding ortho intramolecular Hbond substituents is 1. The largest absolute Gasteiger partial charge is 0.507 e. The summed E-state index contributed by atoms with van der Waals surface area (Å²) in [5.74, 6) is 0.559. The van der Waals surface area contributed by atoms with Gasteiger partial charge in [-0.05, 0) is 37.5 Å². The lowest BCUT2D eigenvalue weighted by Crippen LogP contribution is -2.17. The molecule has 1 fully saturated rings. The smallest absolute Gasteiger partial charge is 0.226 e. The number of carbonyl (C=O) groups is 1. The first kappa shape index (κ1) is 18.5. The second-order valence-electron chi connectivity index (χ2n) is 7.53. The van der Waals surface area contributed by atoms with E-state index in [1.807, 2.05) is 26.0 Å². The third-order valence-electron chi connectivity index (χ3n) is 5.09. The number of nitrogens with zero attached hydrogens (tertiary/aromatic N) is 2. The molecule has 5 heteroatoms. The van der Waals surface area contributed by atoms with Crippen LogP contribution in [0.15, 0.2) is 24.3 Å². The number of hydrogen-bond acceptors (Lipinski definition) is 3. The monoisotopic (exact) mass is 355 g/mol. The van der Waals surface area contributed by atoms with Crippen LogP contribution in [0, 0.1) is 5.92 Å². The number of nitrogens with one attached hydrogen (secondary N) is 1. The van der Waals surface area contributed by atoms with Crippen LogP contribution in [-0.4, -0.2) is 20.8 Å². The predicted molar refractivity (Wildman–Crippen MR) is 104 cm³/mol. The van der Waals surface area contributed by atoms with Crippen LogP contribution in [0.25, 0.3) is 11.3 Å². The minimum absolute atomic E-state index is 0.0621. The second-order valence-corrected chi connectivity index (χ2v) is 7.53. The second kappa shape index (κ2) is 7.94. The fraction of sp³-hybridized carbons (Fsp3) is 0.524. The number of hydrogen-bond donors (Lipinski definition) is 2. The minimum Gasteiger partial charge on any atom is -0.507 e. The molecule has 140 valence electrons. The van der Waals surface area contributed by atoms with Crippen molar-refractivity contribution >= 4 is 11.6 Å². The van der Waals surface area contributed by atoms with Crippen LogP contribution in [0.2, 0.25) is 0 Å². The van der Waals surface area contributed by atoms with E-state index < -0.39 is 0 Å². The maximum atomic E-state index is 11.8. The summed E-state index contributed by atoms with van der Waals surface area (Å²) in [6.45, 7) is 6.74. The van der Waals surface area contributed by atoms with Crippen LogP contribution in [0.4, 0.5) is 5.69 Å². The van der Waals surface area contributed by atoms with E-state index in [2.05, 4.69) is 23.0 Å². The zero-order valence-corrected chi connectivity index (χ0v) is 16.0. The van der Waals surface area contributed by atoms with Gasteiger partial charge in [0.05, 0.1) is 5.69 Å². The zero-order chi connectivity index (χ0) is 18.7. The topological polar surface area (TPSA) is 67.2 Å². The van der Waals surface area contributed by atoms with Crippen LogP contribution in [0.1, 0.15) is 64.5 Å². The Kier molecular flexibility index (Phi) is 5.64. The Bertz CT molecular complexity index is 774. The summed E-state index contributed by atoms with van der Waals surface area (Å²) in [7, 11) is 0. The number of anilines is 1. The summed E-state index contributed by atoms with van der Waals surface area (Å²) >= 11 is 0. The number of phenols is 1. The number of aryl methyl sites for hydroxylation is 1. The molecule has 1 aliphatic rings. The average molecular weight is 355 g/mol. The van der Waals surface area contributed by atoms with E-state index in [1.54, 1.807) is 6.07 Å². The first-order chi connectivity index (χ1) is 12.5. The zero-order valence-electron chi connectivity index (χ0n) is 16.0. The van der Waals surface area contributed by atoms with Crippen molar-refractivity contribution < 1.29 is 9.90 Å². The van der Waals surface area contributed by atoms with Crippen molar-refractivity contribution in [2.24, 2.45) is 5.92 Å². The van der Waals surface area contributed by atoms with Crippen LogP contribution in [-0.2, 0) is 11.3 Å². The Morgan fingerprint density at radius 3 is 2.65 bits per heavy atom. The van der Waals surface area contributed by atoms with Gasteiger partial charge in [0, 0.05) is 41.4 Å². The fourth-order valence-electron chi connectivity index (χ4n) is 3.62. The molecule has 1 aliphatic carbocycles. The lowest BCUT2D eigenvalue weighted by atomic mass is 10.0. The standard InChI is InChI=1S/C21H29N3O2/c1-4-11-24-19(15-7-5-6-8-15)13-18(23-24)17-10-9-16(12-20(17)25)22-21(26)14(2)3/h9-10,12-15,25H,4-8,11H2,1-3H3,(H,22,26). The predicted octanol–water partition coefficient (Wildman–Crippen LogP) is 4.92. The van der Waals surface area contributed by atoms with E-state index in [4.69, 9.17) is 5.10 Å². The number of amides is 1. The van der Waals surface area contributed by atoms with Crippen molar-refractivity contribution in [1.82, 2.24) is 9.78 Å². The van der Waals surface area contributed by atoms with Crippen molar-refractivity contribution in [2.45, 2.75) is 65.3 Å². The molecule has 0 radical (unpaired) electrons. The van der Waals surface area contributed by atoms with Crippen molar-refractivity contribution in [3.05, 3.63) is 30.0 Å². The average Bonchev–Trinajstić information content (AvgIpc) is 3.24. The highest BCUT2D eigenvalue weighted by molar-refractivity contribution is 5.92. The molecule has 1 saturated carbocycles. The Morgan fingerprint density at radius 2 is 2.04 bits per heavy atom. The molecule has 0 spiro atoms. The Labute approximate surface area is 155 Å². The number of aromatic nitrogens is 2. The van der Waals surface area contributed by atoms with Gasteiger partial charge in [0.2, 0.25) is 5.91 Å². The quantitative estimate of drug-likeness (QED) is 0.773. The van der Waals surface area contributed by atoms with Gasteiger partial charge in [-0.25, -0.2) is 0 Å². The van der Waals surface area contributed by atoms with Gasteiger partial charge in [-0.15, -0.1) is 0 Å². The van der Waals surface area contributed by atoms with Crippen molar-refractivity contribution in [3.63, 3.8) is 0 Å². The minimum atomic E-state index is -0.101. The summed E-state index contributed by atoms with van der Waals surface area (Å²) in [5, 5.41) is 18.1. The Hall–Kier alpha value is -2.30. The highest BCUT2D eigenvalue weighted by atomic mass is 16.3.